The molecule has 8 nitrogen and oxygen atoms in total. The summed E-state index contributed by atoms with van der Waals surface area (Å²) in [5.41, 5.74) is 0.729. The Morgan fingerprint density at radius 1 is 1.12 bits per heavy atom. The van der Waals surface area contributed by atoms with Crippen molar-refractivity contribution in [3.05, 3.63) is 24.0 Å². The van der Waals surface area contributed by atoms with E-state index in [9.17, 15) is 31.9 Å². The quantitative estimate of drug-likeness (QED) is 0.423. The van der Waals surface area contributed by atoms with Gasteiger partial charge in [-0.2, -0.15) is 13.2 Å². The molecular formula is C20H22F4N4O4. The first-order valence-electron chi connectivity index (χ1n) is 10.3. The van der Waals surface area contributed by atoms with Crippen molar-refractivity contribution in [3.8, 4) is 0 Å². The van der Waals surface area contributed by atoms with Crippen LogP contribution in [0.3, 0.4) is 0 Å². The lowest BCUT2D eigenvalue weighted by Crippen LogP contribution is -2.49. The van der Waals surface area contributed by atoms with Crippen LogP contribution in [0.25, 0.3) is 0 Å². The number of carbonyl (C=O) groups excluding carboxylic acids is 3. The van der Waals surface area contributed by atoms with Crippen molar-refractivity contribution < 1.29 is 36.7 Å². The molecule has 2 amide bonds. The van der Waals surface area contributed by atoms with Crippen LogP contribution in [0.15, 0.2) is 18.2 Å². The lowest BCUT2D eigenvalue weighted by molar-refractivity contribution is -0.203. The maximum Gasteiger partial charge on any atom is 0.491 e. The van der Waals surface area contributed by atoms with Crippen molar-refractivity contribution in [2.24, 2.45) is 5.92 Å². The Bertz CT molecular complexity index is 917. The van der Waals surface area contributed by atoms with Crippen molar-refractivity contribution in [2.45, 2.75) is 25.1 Å². The number of nitrogens with one attached hydrogen (secondary N) is 1. The van der Waals surface area contributed by atoms with Crippen LogP contribution in [0.2, 0.25) is 0 Å². The third-order valence-electron chi connectivity index (χ3n) is 6.06. The summed E-state index contributed by atoms with van der Waals surface area (Å²) >= 11 is 0. The van der Waals surface area contributed by atoms with Gasteiger partial charge in [0.25, 0.3) is 0 Å². The van der Waals surface area contributed by atoms with Gasteiger partial charge in [0.05, 0.1) is 17.6 Å². The maximum absolute atomic E-state index is 14.9. The van der Waals surface area contributed by atoms with Gasteiger partial charge in [-0.15, -0.1) is 0 Å². The lowest BCUT2D eigenvalue weighted by Gasteiger charge is -2.32. The summed E-state index contributed by atoms with van der Waals surface area (Å²) in [5.74, 6) is -5.12. The van der Waals surface area contributed by atoms with E-state index in [4.69, 9.17) is 0 Å². The van der Waals surface area contributed by atoms with Gasteiger partial charge in [0.2, 0.25) is 0 Å². The summed E-state index contributed by atoms with van der Waals surface area (Å²) in [6.07, 6.45) is -4.89. The number of rotatable bonds is 3. The predicted octanol–water partition coefficient (Wildman–Crippen LogP) is 1.89. The van der Waals surface area contributed by atoms with Crippen LogP contribution >= 0.6 is 0 Å². The van der Waals surface area contributed by atoms with E-state index < -0.39 is 29.9 Å². The Hall–Kier alpha value is -2.89. The number of alkyl halides is 3. The van der Waals surface area contributed by atoms with Crippen LogP contribution in [-0.2, 0) is 14.3 Å². The smallest absolute Gasteiger partial charge is 0.386 e. The first kappa shape index (κ1) is 22.3. The van der Waals surface area contributed by atoms with Crippen LogP contribution in [0.1, 0.15) is 12.8 Å². The number of halogens is 4. The molecule has 4 rings (SSSR count). The SMILES string of the molecule is O=C(OC(=O)C(F)(F)F)C1CCN(c2ccc(N3C[C@@H]4CNCCN4C3=O)c(F)c2)CC1. The second-order valence-electron chi connectivity index (χ2n) is 8.05. The Kier molecular flexibility index (Phi) is 5.97. The van der Waals surface area contributed by atoms with Gasteiger partial charge in [-0.25, -0.2) is 14.0 Å². The fraction of sp³-hybridized carbons (Fsp3) is 0.550. The first-order valence-corrected chi connectivity index (χ1v) is 10.3. The Balaban J connectivity index is 1.37. The normalized spacial score (nSPS) is 22.2. The predicted molar refractivity (Wildman–Crippen MR) is 105 cm³/mol. The van der Waals surface area contributed by atoms with Gasteiger partial charge in [0, 0.05) is 45.0 Å². The van der Waals surface area contributed by atoms with Gasteiger partial charge in [0.1, 0.15) is 5.82 Å². The summed E-state index contributed by atoms with van der Waals surface area (Å²) in [7, 11) is 0. The molecular weight excluding hydrogens is 436 g/mol. The molecule has 32 heavy (non-hydrogen) atoms. The molecule has 1 aromatic carbocycles. The number of anilines is 2. The number of piperazine rings is 1. The van der Waals surface area contributed by atoms with Crippen molar-refractivity contribution >= 4 is 29.3 Å². The highest BCUT2D eigenvalue weighted by Gasteiger charge is 2.44. The highest BCUT2D eigenvalue weighted by molar-refractivity contribution is 5.95. The minimum atomic E-state index is -5.22. The van der Waals surface area contributed by atoms with E-state index in [-0.39, 0.29) is 43.7 Å². The van der Waals surface area contributed by atoms with Crippen LogP contribution in [0, 0.1) is 11.7 Å². The molecule has 3 aliphatic rings. The number of amides is 2. The van der Waals surface area contributed by atoms with Gasteiger partial charge < -0.3 is 19.9 Å². The zero-order valence-electron chi connectivity index (χ0n) is 17.0. The van der Waals surface area contributed by atoms with Gasteiger partial charge >= 0.3 is 24.1 Å². The number of fused-ring (bicyclic) bond motifs is 1. The Morgan fingerprint density at radius 3 is 2.47 bits per heavy atom. The largest absolute Gasteiger partial charge is 0.491 e. The number of esters is 2. The summed E-state index contributed by atoms with van der Waals surface area (Å²) in [6.45, 7) is 2.89. The molecule has 0 aliphatic carbocycles. The van der Waals surface area contributed by atoms with Gasteiger partial charge in [-0.1, -0.05) is 0 Å². The number of nitrogens with zero attached hydrogens (tertiary/aromatic N) is 3. The minimum Gasteiger partial charge on any atom is -0.386 e. The fourth-order valence-corrected chi connectivity index (χ4v) is 4.34. The molecule has 3 fully saturated rings. The summed E-state index contributed by atoms with van der Waals surface area (Å²) < 4.78 is 55.6. The molecule has 3 saturated heterocycles. The zero-order valence-corrected chi connectivity index (χ0v) is 17.0. The second-order valence-corrected chi connectivity index (χ2v) is 8.05. The number of ether oxygens (including phenoxy) is 1. The summed E-state index contributed by atoms with van der Waals surface area (Å²) in [6, 6.07) is 4.29. The monoisotopic (exact) mass is 458 g/mol. The third kappa shape index (κ3) is 4.36. The first-order chi connectivity index (χ1) is 15.1. The average Bonchev–Trinajstić information content (AvgIpc) is 3.09. The minimum absolute atomic E-state index is 0.00154. The highest BCUT2D eigenvalue weighted by atomic mass is 19.4. The van der Waals surface area contributed by atoms with E-state index in [1.807, 2.05) is 0 Å². The standard InChI is InChI=1S/C20H22F4N4O4/c21-15-9-13(1-2-16(15)28-11-14-10-25-5-8-27(14)19(28)31)26-6-3-12(4-7-26)17(29)32-18(30)20(22,23)24/h1-2,9,12,14,25H,3-8,10-11H2/t14-/m0/s1. The average molecular weight is 458 g/mol. The van der Waals surface area contributed by atoms with Gasteiger partial charge in [0.15, 0.2) is 0 Å². The number of hydrogen-bond donors (Lipinski definition) is 1. The molecule has 0 unspecified atom stereocenters. The number of carbonyl (C=O) groups is 3. The molecule has 1 aromatic rings. The third-order valence-corrected chi connectivity index (χ3v) is 6.06. The topological polar surface area (TPSA) is 82.2 Å². The van der Waals surface area contributed by atoms with Gasteiger partial charge in [-0.3, -0.25) is 9.69 Å². The molecule has 3 heterocycles. The number of piperidine rings is 1. The molecule has 1 atom stereocenters. The second kappa shape index (κ2) is 8.57. The molecule has 0 aromatic heterocycles. The number of hydrogen-bond acceptors (Lipinski definition) is 6. The number of urea groups is 1. The van der Waals surface area contributed by atoms with Gasteiger partial charge in [-0.05, 0) is 31.0 Å². The van der Waals surface area contributed by atoms with Crippen molar-refractivity contribution in [2.75, 3.05) is 49.1 Å². The summed E-state index contributed by atoms with van der Waals surface area (Å²) in [5, 5.41) is 3.22. The van der Waals surface area contributed by atoms with Crippen LogP contribution in [0.5, 0.6) is 0 Å². The Labute approximate surface area is 181 Å². The van der Waals surface area contributed by atoms with Crippen molar-refractivity contribution in [3.63, 3.8) is 0 Å². The maximum atomic E-state index is 14.9. The molecule has 0 bridgehead atoms. The molecule has 12 heteroatoms. The van der Waals surface area contributed by atoms with E-state index in [0.29, 0.717) is 31.9 Å². The molecule has 0 spiro atoms. The van der Waals surface area contributed by atoms with Crippen LogP contribution in [-0.4, -0.2) is 74.4 Å². The molecule has 3 aliphatic heterocycles. The molecule has 1 N–H and O–H groups in total. The molecule has 174 valence electrons. The molecule has 0 radical (unpaired) electrons. The lowest BCUT2D eigenvalue weighted by atomic mass is 9.96. The Morgan fingerprint density at radius 2 is 1.84 bits per heavy atom. The van der Waals surface area contributed by atoms with E-state index in [1.54, 1.807) is 15.9 Å². The zero-order chi connectivity index (χ0) is 23.0. The van der Waals surface area contributed by atoms with E-state index in [1.165, 1.54) is 17.0 Å². The number of benzene rings is 1. The summed E-state index contributed by atoms with van der Waals surface area (Å²) in [4.78, 5) is 40.2. The fourth-order valence-electron chi connectivity index (χ4n) is 4.34. The highest BCUT2D eigenvalue weighted by Crippen LogP contribution is 2.32. The van der Waals surface area contributed by atoms with E-state index in [2.05, 4.69) is 10.1 Å². The van der Waals surface area contributed by atoms with Crippen LogP contribution in [0.4, 0.5) is 33.7 Å². The molecule has 0 saturated carbocycles. The van der Waals surface area contributed by atoms with E-state index in [0.717, 1.165) is 0 Å². The van der Waals surface area contributed by atoms with E-state index >= 15 is 0 Å². The van der Waals surface area contributed by atoms with Crippen LogP contribution < -0.4 is 15.1 Å². The van der Waals surface area contributed by atoms with Crippen molar-refractivity contribution in [1.82, 2.24) is 10.2 Å². The van der Waals surface area contributed by atoms with Crippen molar-refractivity contribution in [1.29, 1.82) is 0 Å².